The van der Waals surface area contributed by atoms with Crippen LogP contribution < -0.4 is 5.32 Å². The Morgan fingerprint density at radius 2 is 2.26 bits per heavy atom. The molecular weight excluding hydrogens is 302 g/mol. The Balaban J connectivity index is 2.23. The Bertz CT molecular complexity index is 619. The smallest absolute Gasteiger partial charge is 0.244 e. The van der Waals surface area contributed by atoms with Gasteiger partial charge in [0.05, 0.1) is 22.6 Å². The molecule has 0 saturated heterocycles. The topological polar surface area (TPSA) is 62.3 Å². The van der Waals surface area contributed by atoms with Gasteiger partial charge in [0.1, 0.15) is 0 Å². The van der Waals surface area contributed by atoms with E-state index in [1.807, 2.05) is 5.38 Å². The van der Waals surface area contributed by atoms with Gasteiger partial charge in [-0.2, -0.15) is 4.31 Å². The molecule has 0 amide bonds. The van der Waals surface area contributed by atoms with Gasteiger partial charge in [0.2, 0.25) is 10.0 Å². The number of hydrogen-bond acceptors (Lipinski definition) is 6. The highest BCUT2D eigenvalue weighted by Crippen LogP contribution is 2.25. The van der Waals surface area contributed by atoms with Crippen LogP contribution in [0.2, 0.25) is 0 Å². The number of thiophene rings is 1. The van der Waals surface area contributed by atoms with Crippen LogP contribution in [-0.2, 0) is 23.1 Å². The van der Waals surface area contributed by atoms with Crippen LogP contribution in [0.15, 0.2) is 27.2 Å². The molecule has 0 aliphatic rings. The number of hydrogen-bond donors (Lipinski definition) is 1. The lowest BCUT2D eigenvalue weighted by atomic mass is 10.5. The maximum atomic E-state index is 12.5. The first-order valence-corrected chi connectivity index (χ1v) is 8.86. The van der Waals surface area contributed by atoms with Crippen molar-refractivity contribution in [1.82, 2.24) is 14.6 Å². The van der Waals surface area contributed by atoms with E-state index in [2.05, 4.69) is 10.3 Å². The zero-order chi connectivity index (χ0) is 13.9. The maximum Gasteiger partial charge on any atom is 0.244 e. The minimum atomic E-state index is -3.46. The van der Waals surface area contributed by atoms with Crippen LogP contribution >= 0.6 is 22.7 Å². The van der Waals surface area contributed by atoms with E-state index in [0.717, 1.165) is 10.6 Å². The molecule has 2 aromatic heterocycles. The number of aromatic nitrogens is 1. The van der Waals surface area contributed by atoms with Crippen LogP contribution in [0.4, 0.5) is 0 Å². The Morgan fingerprint density at radius 3 is 2.89 bits per heavy atom. The molecule has 104 valence electrons. The van der Waals surface area contributed by atoms with Crippen molar-refractivity contribution in [3.63, 3.8) is 0 Å². The highest BCUT2D eigenvalue weighted by atomic mass is 32.2. The van der Waals surface area contributed by atoms with Crippen molar-refractivity contribution in [3.8, 4) is 0 Å². The molecule has 0 aliphatic heterocycles. The number of nitrogens with one attached hydrogen (secondary N) is 1. The summed E-state index contributed by atoms with van der Waals surface area (Å²) in [5, 5.41) is 6.64. The van der Waals surface area contributed by atoms with E-state index in [9.17, 15) is 8.42 Å². The molecule has 0 fully saturated rings. The average molecular weight is 317 g/mol. The highest BCUT2D eigenvalue weighted by molar-refractivity contribution is 7.89. The summed E-state index contributed by atoms with van der Waals surface area (Å²) in [7, 11) is -0.0766. The van der Waals surface area contributed by atoms with Gasteiger partial charge in [-0.3, -0.25) is 0 Å². The second-order valence-electron chi connectivity index (χ2n) is 3.98. The first-order valence-electron chi connectivity index (χ1n) is 5.60. The molecule has 0 saturated carbocycles. The largest absolute Gasteiger partial charge is 0.315 e. The summed E-state index contributed by atoms with van der Waals surface area (Å²) in [5.74, 6) is 0. The summed E-state index contributed by atoms with van der Waals surface area (Å²) in [6, 6.07) is 1.66. The van der Waals surface area contributed by atoms with Crippen molar-refractivity contribution >= 4 is 32.7 Å². The van der Waals surface area contributed by atoms with Crippen molar-refractivity contribution < 1.29 is 8.42 Å². The molecule has 2 rings (SSSR count). The second kappa shape index (κ2) is 6.10. The lowest BCUT2D eigenvalue weighted by molar-refractivity contribution is 0.462. The lowest BCUT2D eigenvalue weighted by Gasteiger charge is -2.16. The van der Waals surface area contributed by atoms with Crippen LogP contribution in [-0.4, -0.2) is 31.8 Å². The standard InChI is InChI=1S/C11H15N3O2S3/c1-12-5-10-11(3-4-18-10)19(15,16)14(2)6-9-7-17-8-13-9/h3-4,7-8,12H,5-6H2,1-2H3. The molecule has 2 aromatic rings. The Labute approximate surface area is 121 Å². The summed E-state index contributed by atoms with van der Waals surface area (Å²) in [6.45, 7) is 0.845. The van der Waals surface area contributed by atoms with Crippen LogP contribution in [0, 0.1) is 0 Å². The van der Waals surface area contributed by atoms with Crippen molar-refractivity contribution in [2.75, 3.05) is 14.1 Å². The van der Waals surface area contributed by atoms with Crippen molar-refractivity contribution in [2.45, 2.75) is 18.0 Å². The molecule has 5 nitrogen and oxygen atoms in total. The van der Waals surface area contributed by atoms with Crippen molar-refractivity contribution in [3.05, 3.63) is 32.9 Å². The van der Waals surface area contributed by atoms with Gasteiger partial charge in [0.25, 0.3) is 0 Å². The lowest BCUT2D eigenvalue weighted by Crippen LogP contribution is -2.27. The van der Waals surface area contributed by atoms with Crippen LogP contribution in [0.25, 0.3) is 0 Å². The first kappa shape index (κ1) is 14.6. The van der Waals surface area contributed by atoms with Crippen LogP contribution in [0.5, 0.6) is 0 Å². The Kier molecular flexibility index (Phi) is 4.69. The van der Waals surface area contributed by atoms with E-state index in [0.29, 0.717) is 18.0 Å². The van der Waals surface area contributed by atoms with E-state index in [1.165, 1.54) is 27.0 Å². The van der Waals surface area contributed by atoms with Gasteiger partial charge in [-0.1, -0.05) is 0 Å². The molecule has 0 aliphatic carbocycles. The number of thiazole rings is 1. The van der Waals surface area contributed by atoms with Gasteiger partial charge < -0.3 is 5.32 Å². The third-order valence-electron chi connectivity index (χ3n) is 2.60. The Morgan fingerprint density at radius 1 is 1.47 bits per heavy atom. The quantitative estimate of drug-likeness (QED) is 0.881. The van der Waals surface area contributed by atoms with Crippen LogP contribution in [0.1, 0.15) is 10.6 Å². The van der Waals surface area contributed by atoms with Gasteiger partial charge in [-0.25, -0.2) is 13.4 Å². The van der Waals surface area contributed by atoms with Gasteiger partial charge in [-0.15, -0.1) is 22.7 Å². The number of sulfonamides is 1. The van der Waals surface area contributed by atoms with Crippen LogP contribution in [0.3, 0.4) is 0 Å². The molecule has 0 spiro atoms. The zero-order valence-corrected chi connectivity index (χ0v) is 13.1. The Hall–Kier alpha value is -0.800. The monoisotopic (exact) mass is 317 g/mol. The fourth-order valence-electron chi connectivity index (χ4n) is 1.64. The molecular formula is C11H15N3O2S3. The van der Waals surface area contributed by atoms with Crippen molar-refractivity contribution in [1.29, 1.82) is 0 Å². The summed E-state index contributed by atoms with van der Waals surface area (Å²) in [6.07, 6.45) is 0. The van der Waals surface area contributed by atoms with Gasteiger partial charge in [0.15, 0.2) is 0 Å². The summed E-state index contributed by atoms with van der Waals surface area (Å²) >= 11 is 2.90. The predicted octanol–water partition coefficient (Wildman–Crippen LogP) is 1.74. The SMILES string of the molecule is CNCc1sccc1S(=O)(=O)N(C)Cc1cscn1. The molecule has 8 heteroatoms. The summed E-state index contributed by atoms with van der Waals surface area (Å²) in [4.78, 5) is 5.32. The molecule has 19 heavy (non-hydrogen) atoms. The molecule has 0 radical (unpaired) electrons. The third-order valence-corrected chi connectivity index (χ3v) is 6.17. The van der Waals surface area contributed by atoms with E-state index in [1.54, 1.807) is 31.1 Å². The number of rotatable bonds is 6. The zero-order valence-electron chi connectivity index (χ0n) is 10.7. The molecule has 1 N–H and O–H groups in total. The second-order valence-corrected chi connectivity index (χ2v) is 7.71. The minimum absolute atomic E-state index is 0.292. The van der Waals surface area contributed by atoms with E-state index >= 15 is 0 Å². The van der Waals surface area contributed by atoms with Gasteiger partial charge in [0, 0.05) is 23.8 Å². The predicted molar refractivity (Wildman–Crippen MR) is 77.8 cm³/mol. The minimum Gasteiger partial charge on any atom is -0.315 e. The summed E-state index contributed by atoms with van der Waals surface area (Å²) < 4.78 is 26.3. The maximum absolute atomic E-state index is 12.5. The van der Waals surface area contributed by atoms with Crippen molar-refractivity contribution in [2.24, 2.45) is 0 Å². The first-order chi connectivity index (χ1) is 9.05. The normalized spacial score (nSPS) is 12.2. The fourth-order valence-corrected chi connectivity index (χ4v) is 4.76. The van der Waals surface area contributed by atoms with E-state index < -0.39 is 10.0 Å². The molecule has 0 aromatic carbocycles. The molecule has 0 atom stereocenters. The van der Waals surface area contributed by atoms with Gasteiger partial charge >= 0.3 is 0 Å². The van der Waals surface area contributed by atoms with E-state index in [4.69, 9.17) is 0 Å². The fraction of sp³-hybridized carbons (Fsp3) is 0.364. The molecule has 2 heterocycles. The molecule has 0 bridgehead atoms. The van der Waals surface area contributed by atoms with Gasteiger partial charge in [-0.05, 0) is 18.5 Å². The summed E-state index contributed by atoms with van der Waals surface area (Å²) in [5.41, 5.74) is 2.47. The molecule has 0 unspecified atom stereocenters. The average Bonchev–Trinajstić information content (AvgIpc) is 3.00. The van der Waals surface area contributed by atoms with E-state index in [-0.39, 0.29) is 0 Å². The number of nitrogens with zero attached hydrogens (tertiary/aromatic N) is 2. The highest BCUT2D eigenvalue weighted by Gasteiger charge is 2.25. The third kappa shape index (κ3) is 3.21.